The number of hydrogen-bond donors (Lipinski definition) is 2. The summed E-state index contributed by atoms with van der Waals surface area (Å²) in [5, 5.41) is 20.3. The standard InChI is InChI=1S/C29H30ClFO5.C3H6.C2H6/c1-29(15-20-4-6-22(31)12-28(20)36-29)17-34-24-7-2-18(3-8-24)10-21-11-19(5-9-26(21)30)27-14-23(33)13-25(16-32)35-27;1-3-2;1-2/h2-9,11-12,23,25,27,32-33H,10,13-17H2,1H3;3H,1H2,2H3;1-2H3. The molecular formula is C34H42ClFO5. The summed E-state index contributed by atoms with van der Waals surface area (Å²) in [7, 11) is 0. The fourth-order valence-electron chi connectivity index (χ4n) is 4.97. The predicted octanol–water partition coefficient (Wildman–Crippen LogP) is 7.63. The second kappa shape index (κ2) is 15.4. The third-order valence-electron chi connectivity index (χ3n) is 6.84. The molecule has 41 heavy (non-hydrogen) atoms. The van der Waals surface area contributed by atoms with Crippen molar-refractivity contribution in [2.24, 2.45) is 0 Å². The SMILES string of the molecule is C=CC.CC.CC1(COc2ccc(Cc3cc(C4CC(O)CC(CO)O4)ccc3Cl)cc2)Cc2ccc(F)cc2O1. The smallest absolute Gasteiger partial charge is 0.144 e. The zero-order chi connectivity index (χ0) is 30.0. The van der Waals surface area contributed by atoms with E-state index in [1.807, 2.05) is 70.2 Å². The van der Waals surface area contributed by atoms with Crippen LogP contribution in [0.5, 0.6) is 11.5 Å². The number of benzene rings is 3. The molecule has 0 aromatic heterocycles. The fourth-order valence-corrected chi connectivity index (χ4v) is 5.15. The fraction of sp³-hybridized carbons (Fsp3) is 0.412. The maximum atomic E-state index is 13.5. The lowest BCUT2D eigenvalue weighted by Crippen LogP contribution is -2.37. The van der Waals surface area contributed by atoms with Crippen LogP contribution in [0.2, 0.25) is 5.02 Å². The third-order valence-corrected chi connectivity index (χ3v) is 7.20. The Bertz CT molecular complexity index is 1260. The molecular weight excluding hydrogens is 543 g/mol. The topological polar surface area (TPSA) is 68.2 Å². The molecule has 5 rings (SSSR count). The Kier molecular flexibility index (Phi) is 12.2. The Hall–Kier alpha value is -2.90. The number of aliphatic hydroxyl groups is 2. The van der Waals surface area contributed by atoms with Crippen LogP contribution in [0.4, 0.5) is 4.39 Å². The van der Waals surface area contributed by atoms with Crippen LogP contribution in [-0.4, -0.2) is 41.2 Å². The summed E-state index contributed by atoms with van der Waals surface area (Å²) in [6.07, 6.45) is 2.84. The Morgan fingerprint density at radius 3 is 2.49 bits per heavy atom. The molecule has 3 aromatic carbocycles. The van der Waals surface area contributed by atoms with Gasteiger partial charge in [0.25, 0.3) is 0 Å². The van der Waals surface area contributed by atoms with Gasteiger partial charge in [-0.25, -0.2) is 4.39 Å². The van der Waals surface area contributed by atoms with Crippen molar-refractivity contribution in [1.82, 2.24) is 0 Å². The first-order chi connectivity index (χ1) is 19.7. The summed E-state index contributed by atoms with van der Waals surface area (Å²) >= 11 is 6.49. The molecule has 2 N–H and O–H groups in total. The molecule has 222 valence electrons. The molecule has 7 heteroatoms. The van der Waals surface area contributed by atoms with Gasteiger partial charge < -0.3 is 24.4 Å². The lowest BCUT2D eigenvalue weighted by Gasteiger charge is -2.32. The van der Waals surface area contributed by atoms with E-state index in [0.717, 1.165) is 28.0 Å². The number of ether oxygens (including phenoxy) is 3. The molecule has 4 atom stereocenters. The minimum Gasteiger partial charge on any atom is -0.489 e. The largest absolute Gasteiger partial charge is 0.489 e. The average Bonchev–Trinajstić information content (AvgIpc) is 3.30. The van der Waals surface area contributed by atoms with Crippen molar-refractivity contribution in [3.8, 4) is 11.5 Å². The molecule has 0 saturated carbocycles. The van der Waals surface area contributed by atoms with Gasteiger partial charge in [0.05, 0.1) is 24.9 Å². The number of aliphatic hydroxyl groups excluding tert-OH is 2. The zero-order valence-electron chi connectivity index (χ0n) is 24.4. The average molecular weight is 585 g/mol. The molecule has 4 unspecified atom stereocenters. The van der Waals surface area contributed by atoms with E-state index in [4.69, 9.17) is 25.8 Å². The minimum absolute atomic E-state index is 0.112. The molecule has 0 radical (unpaired) electrons. The summed E-state index contributed by atoms with van der Waals surface area (Å²) < 4.78 is 31.4. The highest BCUT2D eigenvalue weighted by molar-refractivity contribution is 6.31. The molecule has 2 heterocycles. The summed E-state index contributed by atoms with van der Waals surface area (Å²) in [6, 6.07) is 18.3. The van der Waals surface area contributed by atoms with Crippen LogP contribution in [0.15, 0.2) is 73.3 Å². The highest BCUT2D eigenvalue weighted by atomic mass is 35.5. The van der Waals surface area contributed by atoms with E-state index in [0.29, 0.717) is 43.1 Å². The molecule has 3 aromatic rings. The van der Waals surface area contributed by atoms with Gasteiger partial charge in [-0.05, 0) is 66.8 Å². The molecule has 2 aliphatic heterocycles. The number of fused-ring (bicyclic) bond motifs is 1. The monoisotopic (exact) mass is 584 g/mol. The van der Waals surface area contributed by atoms with Gasteiger partial charge in [0.2, 0.25) is 0 Å². The highest BCUT2D eigenvalue weighted by Gasteiger charge is 2.36. The van der Waals surface area contributed by atoms with E-state index in [2.05, 4.69) is 6.58 Å². The van der Waals surface area contributed by atoms with Gasteiger partial charge in [-0.15, -0.1) is 6.58 Å². The van der Waals surface area contributed by atoms with Crippen LogP contribution in [0.1, 0.15) is 68.9 Å². The maximum absolute atomic E-state index is 13.5. The van der Waals surface area contributed by atoms with Gasteiger partial charge in [0, 0.05) is 30.4 Å². The van der Waals surface area contributed by atoms with Crippen LogP contribution >= 0.6 is 11.6 Å². The normalized spacial score (nSPS) is 22.7. The molecule has 0 aliphatic carbocycles. The van der Waals surface area contributed by atoms with Gasteiger partial charge in [-0.2, -0.15) is 0 Å². The Balaban J connectivity index is 0.000000868. The second-order valence-electron chi connectivity index (χ2n) is 10.4. The molecule has 1 saturated heterocycles. The Labute approximate surface area is 248 Å². The van der Waals surface area contributed by atoms with Gasteiger partial charge in [-0.3, -0.25) is 0 Å². The summed E-state index contributed by atoms with van der Waals surface area (Å²) in [5.41, 5.74) is 3.41. The number of halogens is 2. The summed E-state index contributed by atoms with van der Waals surface area (Å²) in [4.78, 5) is 0. The molecule has 0 amide bonds. The summed E-state index contributed by atoms with van der Waals surface area (Å²) in [5.74, 6) is 0.999. The molecule has 2 aliphatic rings. The molecule has 1 fully saturated rings. The minimum atomic E-state index is -0.549. The van der Waals surface area contributed by atoms with Crippen LogP contribution < -0.4 is 9.47 Å². The van der Waals surface area contributed by atoms with Gasteiger partial charge >= 0.3 is 0 Å². The second-order valence-corrected chi connectivity index (χ2v) is 10.8. The van der Waals surface area contributed by atoms with Crippen molar-refractivity contribution in [3.05, 3.63) is 106 Å². The van der Waals surface area contributed by atoms with Crippen LogP contribution in [-0.2, 0) is 17.6 Å². The predicted molar refractivity (Wildman–Crippen MR) is 162 cm³/mol. The number of rotatable bonds is 7. The van der Waals surface area contributed by atoms with E-state index < -0.39 is 11.7 Å². The zero-order valence-corrected chi connectivity index (χ0v) is 25.2. The number of allylic oxidation sites excluding steroid dienone is 1. The molecule has 0 spiro atoms. The van der Waals surface area contributed by atoms with E-state index in [1.54, 1.807) is 12.1 Å². The Morgan fingerprint density at radius 2 is 1.80 bits per heavy atom. The lowest BCUT2D eigenvalue weighted by atomic mass is 9.94. The van der Waals surface area contributed by atoms with Crippen LogP contribution in [0, 0.1) is 5.82 Å². The van der Waals surface area contributed by atoms with E-state index in [-0.39, 0.29) is 24.6 Å². The first kappa shape index (κ1) is 32.6. The third kappa shape index (κ3) is 9.04. The quantitative estimate of drug-likeness (QED) is 0.279. The van der Waals surface area contributed by atoms with Crippen molar-refractivity contribution < 1.29 is 28.8 Å². The van der Waals surface area contributed by atoms with E-state index in [9.17, 15) is 14.6 Å². The summed E-state index contributed by atoms with van der Waals surface area (Å²) in [6.45, 7) is 11.4. The van der Waals surface area contributed by atoms with Crippen molar-refractivity contribution in [2.45, 2.75) is 77.3 Å². The van der Waals surface area contributed by atoms with Gasteiger partial charge in [0.15, 0.2) is 0 Å². The number of hydrogen-bond acceptors (Lipinski definition) is 5. The van der Waals surface area contributed by atoms with Crippen molar-refractivity contribution in [1.29, 1.82) is 0 Å². The molecule has 5 nitrogen and oxygen atoms in total. The lowest BCUT2D eigenvalue weighted by molar-refractivity contribution is -0.113. The Morgan fingerprint density at radius 1 is 1.10 bits per heavy atom. The first-order valence-corrected chi connectivity index (χ1v) is 14.6. The van der Waals surface area contributed by atoms with E-state index in [1.165, 1.54) is 12.1 Å². The van der Waals surface area contributed by atoms with Crippen LogP contribution in [0.25, 0.3) is 0 Å². The van der Waals surface area contributed by atoms with Crippen molar-refractivity contribution >= 4 is 11.6 Å². The van der Waals surface area contributed by atoms with E-state index >= 15 is 0 Å². The van der Waals surface area contributed by atoms with Crippen molar-refractivity contribution in [2.75, 3.05) is 13.2 Å². The first-order valence-electron chi connectivity index (χ1n) is 14.2. The van der Waals surface area contributed by atoms with Gasteiger partial charge in [0.1, 0.15) is 29.5 Å². The van der Waals surface area contributed by atoms with Gasteiger partial charge in [-0.1, -0.05) is 61.9 Å². The van der Waals surface area contributed by atoms with Crippen LogP contribution in [0.3, 0.4) is 0 Å². The maximum Gasteiger partial charge on any atom is 0.144 e. The van der Waals surface area contributed by atoms with Crippen molar-refractivity contribution in [3.63, 3.8) is 0 Å². The highest BCUT2D eigenvalue weighted by Crippen LogP contribution is 2.36. The molecule has 0 bridgehead atoms.